The second-order valence-electron chi connectivity index (χ2n) is 11.7. The number of hydrogen-bond acceptors (Lipinski definition) is 5. The molecule has 0 spiro atoms. The van der Waals surface area contributed by atoms with Gasteiger partial charge in [0.05, 0.1) is 18.0 Å². The van der Waals surface area contributed by atoms with Crippen molar-refractivity contribution >= 4 is 17.7 Å². The molecular formula is C33H36F3N3O5. The fourth-order valence-electron chi connectivity index (χ4n) is 5.48. The molecule has 3 aromatic carbocycles. The smallest absolute Gasteiger partial charge is 0.272 e. The van der Waals surface area contributed by atoms with Gasteiger partial charge in [-0.05, 0) is 61.2 Å². The second kappa shape index (κ2) is 12.7. The Balaban J connectivity index is 1.64. The van der Waals surface area contributed by atoms with E-state index in [0.29, 0.717) is 10.5 Å². The van der Waals surface area contributed by atoms with Crippen LogP contribution in [0.25, 0.3) is 0 Å². The van der Waals surface area contributed by atoms with Gasteiger partial charge in [-0.1, -0.05) is 56.3 Å². The summed E-state index contributed by atoms with van der Waals surface area (Å²) in [5.74, 6) is -7.02. The maximum Gasteiger partial charge on any atom is 0.272 e. The summed E-state index contributed by atoms with van der Waals surface area (Å²) in [6.07, 6.45) is -2.33. The summed E-state index contributed by atoms with van der Waals surface area (Å²) in [6, 6.07) is 13.7. The third-order valence-corrected chi connectivity index (χ3v) is 8.40. The van der Waals surface area contributed by atoms with E-state index in [-0.39, 0.29) is 29.8 Å². The number of carbonyl (C=O) groups is 3. The lowest BCUT2D eigenvalue weighted by Gasteiger charge is -2.34. The number of likely N-dealkylation sites (tertiary alicyclic amines) is 1. The Labute approximate surface area is 253 Å². The quantitative estimate of drug-likeness (QED) is 0.291. The number of amides is 3. The number of nitrogens with one attached hydrogen (secondary N) is 2. The first-order chi connectivity index (χ1) is 20.6. The van der Waals surface area contributed by atoms with Crippen LogP contribution in [-0.2, 0) is 22.6 Å². The Morgan fingerprint density at radius 3 is 2.39 bits per heavy atom. The molecule has 3 atom stereocenters. The highest BCUT2D eigenvalue weighted by Crippen LogP contribution is 2.48. The molecule has 4 N–H and O–H groups in total. The zero-order valence-corrected chi connectivity index (χ0v) is 24.9. The number of benzene rings is 3. The molecule has 1 saturated heterocycles. The van der Waals surface area contributed by atoms with Gasteiger partial charge in [0.25, 0.3) is 17.7 Å². The Morgan fingerprint density at radius 1 is 1.02 bits per heavy atom. The van der Waals surface area contributed by atoms with Gasteiger partial charge in [-0.3, -0.25) is 14.4 Å². The molecule has 1 aliphatic rings. The van der Waals surface area contributed by atoms with Crippen LogP contribution in [-0.4, -0.2) is 63.5 Å². The Hall–Kier alpha value is -4.38. The molecule has 1 heterocycles. The van der Waals surface area contributed by atoms with Crippen LogP contribution in [0.15, 0.2) is 66.7 Å². The standard InChI is InChI=1S/C33H36F3N3O5/c1-19-9-5-6-11-22(19)17-37-30(43)28-32(3,4)33(35,36)18-39(28)31(44)27(41)25(16-21-10-7-12-23(34)15-21)38-29(42)24-13-8-14-26(40)20(24)2/h5-15,25,27-28,40-41H,16-18H2,1-4H3,(H,37,43)(H,38,42)/t25-,27-,28?/m0/s1. The SMILES string of the molecule is Cc1ccccc1CNC(=O)C1N(C(=O)[C@@H](O)[C@H](Cc2cccc(F)c2)NC(=O)c2cccc(O)c2C)CC(F)(F)C1(C)C. The Kier molecular flexibility index (Phi) is 9.39. The minimum atomic E-state index is -3.49. The first-order valence-corrected chi connectivity index (χ1v) is 14.2. The van der Waals surface area contributed by atoms with E-state index in [1.807, 2.05) is 19.1 Å². The van der Waals surface area contributed by atoms with Crippen molar-refractivity contribution in [2.45, 2.75) is 64.8 Å². The monoisotopic (exact) mass is 611 g/mol. The molecule has 0 aromatic heterocycles. The molecule has 0 saturated carbocycles. The fourth-order valence-corrected chi connectivity index (χ4v) is 5.48. The minimum absolute atomic E-state index is 0.0375. The van der Waals surface area contributed by atoms with Crippen LogP contribution in [0.3, 0.4) is 0 Å². The summed E-state index contributed by atoms with van der Waals surface area (Å²) in [7, 11) is 0. The lowest BCUT2D eigenvalue weighted by atomic mass is 9.81. The van der Waals surface area contributed by atoms with E-state index in [0.717, 1.165) is 17.2 Å². The predicted octanol–water partition coefficient (Wildman–Crippen LogP) is 4.04. The number of carbonyl (C=O) groups excluding carboxylic acids is 3. The van der Waals surface area contributed by atoms with Crippen LogP contribution in [0.1, 0.15) is 46.5 Å². The molecule has 44 heavy (non-hydrogen) atoms. The fraction of sp³-hybridized carbons (Fsp3) is 0.364. The molecule has 0 radical (unpaired) electrons. The molecular weight excluding hydrogens is 575 g/mol. The first kappa shape index (κ1) is 32.5. The van der Waals surface area contributed by atoms with E-state index in [4.69, 9.17) is 0 Å². The van der Waals surface area contributed by atoms with E-state index in [1.54, 1.807) is 12.1 Å². The molecule has 4 rings (SSSR count). The van der Waals surface area contributed by atoms with Crippen molar-refractivity contribution in [2.75, 3.05) is 6.54 Å². The summed E-state index contributed by atoms with van der Waals surface area (Å²) in [5, 5.41) is 26.6. The lowest BCUT2D eigenvalue weighted by Crippen LogP contribution is -2.57. The summed E-state index contributed by atoms with van der Waals surface area (Å²) in [6.45, 7) is 4.61. The molecule has 8 nitrogen and oxygen atoms in total. The summed E-state index contributed by atoms with van der Waals surface area (Å²) in [5.41, 5.74) is 0.247. The molecule has 1 aliphatic heterocycles. The number of phenols is 1. The van der Waals surface area contributed by atoms with Gasteiger partial charge in [-0.25, -0.2) is 13.2 Å². The highest BCUT2D eigenvalue weighted by molar-refractivity contribution is 5.97. The van der Waals surface area contributed by atoms with Crippen LogP contribution in [0.2, 0.25) is 0 Å². The van der Waals surface area contributed by atoms with E-state index >= 15 is 8.78 Å². The number of halogens is 3. The van der Waals surface area contributed by atoms with Gasteiger partial charge in [-0.2, -0.15) is 0 Å². The van der Waals surface area contributed by atoms with Crippen molar-refractivity contribution in [1.29, 1.82) is 0 Å². The van der Waals surface area contributed by atoms with E-state index < -0.39 is 59.6 Å². The number of aliphatic hydroxyl groups excluding tert-OH is 1. The normalized spacial score (nSPS) is 18.4. The zero-order valence-electron chi connectivity index (χ0n) is 24.9. The number of rotatable bonds is 9. The molecule has 3 amide bonds. The van der Waals surface area contributed by atoms with Crippen LogP contribution in [0.4, 0.5) is 13.2 Å². The van der Waals surface area contributed by atoms with Crippen LogP contribution in [0.5, 0.6) is 5.75 Å². The number of aliphatic hydroxyl groups is 1. The zero-order chi connectivity index (χ0) is 32.4. The van der Waals surface area contributed by atoms with Crippen molar-refractivity contribution < 1.29 is 37.8 Å². The predicted molar refractivity (Wildman–Crippen MR) is 157 cm³/mol. The van der Waals surface area contributed by atoms with Crippen molar-refractivity contribution in [1.82, 2.24) is 15.5 Å². The average Bonchev–Trinajstić information content (AvgIpc) is 3.16. The van der Waals surface area contributed by atoms with Gasteiger partial charge in [0, 0.05) is 17.7 Å². The maximum absolute atomic E-state index is 15.3. The molecule has 234 valence electrons. The molecule has 11 heteroatoms. The van der Waals surface area contributed by atoms with Crippen molar-refractivity contribution in [3.05, 3.63) is 100 Å². The molecule has 1 unspecified atom stereocenters. The molecule has 0 bridgehead atoms. The summed E-state index contributed by atoms with van der Waals surface area (Å²) >= 11 is 0. The third kappa shape index (κ3) is 6.57. The molecule has 0 aliphatic carbocycles. The topological polar surface area (TPSA) is 119 Å². The number of phenolic OH excluding ortho intramolecular Hbond substituents is 1. The number of aromatic hydroxyl groups is 1. The second-order valence-corrected chi connectivity index (χ2v) is 11.7. The van der Waals surface area contributed by atoms with Gasteiger partial charge in [0.2, 0.25) is 5.91 Å². The number of hydrogen-bond donors (Lipinski definition) is 4. The first-order valence-electron chi connectivity index (χ1n) is 14.2. The molecule has 1 fully saturated rings. The number of nitrogens with zero attached hydrogens (tertiary/aromatic N) is 1. The average molecular weight is 612 g/mol. The van der Waals surface area contributed by atoms with Crippen LogP contribution in [0, 0.1) is 25.1 Å². The van der Waals surface area contributed by atoms with Gasteiger partial charge >= 0.3 is 0 Å². The van der Waals surface area contributed by atoms with Crippen molar-refractivity contribution in [3.63, 3.8) is 0 Å². The number of aryl methyl sites for hydroxylation is 1. The molecule has 3 aromatic rings. The van der Waals surface area contributed by atoms with Crippen LogP contribution < -0.4 is 10.6 Å². The van der Waals surface area contributed by atoms with Gasteiger partial charge in [-0.15, -0.1) is 0 Å². The number of alkyl halides is 2. The van der Waals surface area contributed by atoms with Gasteiger partial charge in [0.15, 0.2) is 6.10 Å². The third-order valence-electron chi connectivity index (χ3n) is 8.40. The van der Waals surface area contributed by atoms with E-state index in [9.17, 15) is 29.0 Å². The Morgan fingerprint density at radius 2 is 1.70 bits per heavy atom. The van der Waals surface area contributed by atoms with E-state index in [1.165, 1.54) is 57.2 Å². The van der Waals surface area contributed by atoms with Crippen LogP contribution >= 0.6 is 0 Å². The van der Waals surface area contributed by atoms with Gasteiger partial charge < -0.3 is 25.7 Å². The highest BCUT2D eigenvalue weighted by atomic mass is 19.3. The maximum atomic E-state index is 15.3. The summed E-state index contributed by atoms with van der Waals surface area (Å²) < 4.78 is 44.7. The minimum Gasteiger partial charge on any atom is -0.508 e. The lowest BCUT2D eigenvalue weighted by molar-refractivity contribution is -0.148. The highest BCUT2D eigenvalue weighted by Gasteiger charge is 2.64. The van der Waals surface area contributed by atoms with Gasteiger partial charge in [0.1, 0.15) is 17.6 Å². The summed E-state index contributed by atoms with van der Waals surface area (Å²) in [4.78, 5) is 41.1. The van der Waals surface area contributed by atoms with E-state index in [2.05, 4.69) is 10.6 Å². The van der Waals surface area contributed by atoms with Crippen molar-refractivity contribution in [2.24, 2.45) is 5.41 Å². The Bertz CT molecular complexity index is 1560. The van der Waals surface area contributed by atoms with Crippen molar-refractivity contribution in [3.8, 4) is 5.75 Å². The largest absolute Gasteiger partial charge is 0.508 e.